The van der Waals surface area contributed by atoms with Gasteiger partial charge in [0.1, 0.15) is 5.75 Å². The molecule has 57 valence electrons. The molecule has 1 heterocycles. The lowest BCUT2D eigenvalue weighted by Crippen LogP contribution is -2.08. The summed E-state index contributed by atoms with van der Waals surface area (Å²) in [4.78, 5) is 0. The average molecular weight is 212 g/mol. The van der Waals surface area contributed by atoms with Crippen molar-refractivity contribution in [1.82, 2.24) is 0 Å². The zero-order valence-corrected chi connectivity index (χ0v) is 7.60. The highest BCUT2D eigenvalue weighted by Crippen LogP contribution is 2.32. The van der Waals surface area contributed by atoms with Crippen molar-refractivity contribution in [1.29, 1.82) is 0 Å². The maximum atomic E-state index is 5.47. The molecule has 0 N–H and O–H groups in total. The number of rotatable bonds is 0. The van der Waals surface area contributed by atoms with Crippen LogP contribution in [0.15, 0.2) is 24.3 Å². The molecule has 0 saturated carbocycles. The van der Waals surface area contributed by atoms with Crippen LogP contribution in [0.3, 0.4) is 0 Å². The number of benzene rings is 1. The number of ether oxygens (including phenoxy) is 1. The Morgan fingerprint density at radius 1 is 1.18 bits per heavy atom. The molecular formula is C9H8BrO. The van der Waals surface area contributed by atoms with Crippen molar-refractivity contribution >= 4 is 15.9 Å². The number of hydrogen-bond donors (Lipinski definition) is 0. The van der Waals surface area contributed by atoms with Gasteiger partial charge in [-0.2, -0.15) is 0 Å². The first-order chi connectivity index (χ1) is 5.36. The second-order valence-electron chi connectivity index (χ2n) is 2.56. The topological polar surface area (TPSA) is 9.23 Å². The maximum Gasteiger partial charge on any atom is 0.212 e. The van der Waals surface area contributed by atoms with Gasteiger partial charge >= 0.3 is 0 Å². The second kappa shape index (κ2) is 2.86. The summed E-state index contributed by atoms with van der Waals surface area (Å²) < 4.78 is 5.47. The first-order valence-corrected chi connectivity index (χ1v) is 4.42. The SMILES string of the molecule is Br[C]1CCc2ccccc2O1. The van der Waals surface area contributed by atoms with E-state index in [2.05, 4.69) is 22.0 Å². The smallest absolute Gasteiger partial charge is 0.212 e. The Balaban J connectivity index is 2.34. The lowest BCUT2D eigenvalue weighted by molar-refractivity contribution is 0.350. The zero-order chi connectivity index (χ0) is 7.68. The Hall–Kier alpha value is -0.500. The van der Waals surface area contributed by atoms with Gasteiger partial charge in [-0.1, -0.05) is 18.2 Å². The van der Waals surface area contributed by atoms with E-state index in [9.17, 15) is 0 Å². The number of aryl methyl sites for hydroxylation is 1. The third kappa shape index (κ3) is 1.41. The van der Waals surface area contributed by atoms with Gasteiger partial charge in [0, 0.05) is 6.42 Å². The van der Waals surface area contributed by atoms with Crippen LogP contribution in [0.1, 0.15) is 12.0 Å². The quantitative estimate of drug-likeness (QED) is 0.642. The van der Waals surface area contributed by atoms with Gasteiger partial charge in [0.05, 0.1) is 0 Å². The first-order valence-electron chi connectivity index (χ1n) is 3.63. The Bertz CT molecular complexity index is 259. The molecule has 0 aromatic heterocycles. The zero-order valence-electron chi connectivity index (χ0n) is 6.01. The van der Waals surface area contributed by atoms with Crippen LogP contribution in [-0.4, -0.2) is 0 Å². The van der Waals surface area contributed by atoms with E-state index in [0.717, 1.165) is 23.6 Å². The van der Waals surface area contributed by atoms with Crippen LogP contribution >= 0.6 is 15.9 Å². The molecule has 0 saturated heterocycles. The molecule has 11 heavy (non-hydrogen) atoms. The fraction of sp³-hybridized carbons (Fsp3) is 0.222. The van der Waals surface area contributed by atoms with Crippen molar-refractivity contribution in [3.63, 3.8) is 0 Å². The van der Waals surface area contributed by atoms with Crippen molar-refractivity contribution in [3.8, 4) is 5.75 Å². The molecule has 0 amide bonds. The molecule has 0 fully saturated rings. The molecule has 1 aromatic rings. The number of hydrogen-bond acceptors (Lipinski definition) is 1. The summed E-state index contributed by atoms with van der Waals surface area (Å²) in [6.45, 7) is 0. The predicted octanol–water partition coefficient (Wildman–Crippen LogP) is 2.90. The lowest BCUT2D eigenvalue weighted by atomic mass is 10.1. The average Bonchev–Trinajstić information content (AvgIpc) is 2.04. The lowest BCUT2D eigenvalue weighted by Gasteiger charge is -2.19. The fourth-order valence-corrected chi connectivity index (χ4v) is 1.59. The van der Waals surface area contributed by atoms with Gasteiger partial charge in [0.2, 0.25) is 5.01 Å². The van der Waals surface area contributed by atoms with E-state index in [-0.39, 0.29) is 0 Å². The molecule has 1 aromatic carbocycles. The summed E-state index contributed by atoms with van der Waals surface area (Å²) in [7, 11) is 0. The van der Waals surface area contributed by atoms with Crippen LogP contribution in [-0.2, 0) is 6.42 Å². The van der Waals surface area contributed by atoms with Crippen molar-refractivity contribution < 1.29 is 4.74 Å². The minimum Gasteiger partial charge on any atom is -0.471 e. The number of para-hydroxylation sites is 1. The molecule has 2 heteroatoms. The second-order valence-corrected chi connectivity index (χ2v) is 3.45. The molecular weight excluding hydrogens is 204 g/mol. The molecule has 0 spiro atoms. The first kappa shape index (κ1) is 7.17. The van der Waals surface area contributed by atoms with Gasteiger partial charge < -0.3 is 4.74 Å². The molecule has 1 aliphatic rings. The molecule has 1 nitrogen and oxygen atoms in total. The van der Waals surface area contributed by atoms with Crippen LogP contribution in [0.4, 0.5) is 0 Å². The number of fused-ring (bicyclic) bond motifs is 1. The minimum atomic E-state index is 0.941. The van der Waals surface area contributed by atoms with Crippen LogP contribution in [0.5, 0.6) is 5.75 Å². The molecule has 0 aliphatic carbocycles. The van der Waals surface area contributed by atoms with Crippen LogP contribution < -0.4 is 4.74 Å². The van der Waals surface area contributed by atoms with E-state index < -0.39 is 0 Å². The van der Waals surface area contributed by atoms with Crippen LogP contribution in [0.25, 0.3) is 0 Å². The minimum absolute atomic E-state index is 0.941. The maximum absolute atomic E-state index is 5.47. The highest BCUT2D eigenvalue weighted by Gasteiger charge is 2.16. The molecule has 1 aliphatic heterocycles. The highest BCUT2D eigenvalue weighted by atomic mass is 79.9. The van der Waals surface area contributed by atoms with Crippen LogP contribution in [0.2, 0.25) is 0 Å². The van der Waals surface area contributed by atoms with Crippen molar-refractivity contribution in [2.45, 2.75) is 12.8 Å². The monoisotopic (exact) mass is 211 g/mol. The van der Waals surface area contributed by atoms with E-state index in [4.69, 9.17) is 4.74 Å². The Kier molecular flexibility index (Phi) is 1.86. The Labute approximate surface area is 74.5 Å². The normalized spacial score (nSPS) is 17.2. The van der Waals surface area contributed by atoms with Crippen molar-refractivity contribution in [2.24, 2.45) is 0 Å². The van der Waals surface area contributed by atoms with E-state index in [1.54, 1.807) is 0 Å². The van der Waals surface area contributed by atoms with Crippen LogP contribution in [0, 0.1) is 5.01 Å². The van der Waals surface area contributed by atoms with Gasteiger partial charge in [-0.15, -0.1) is 0 Å². The molecule has 2 rings (SSSR count). The number of halogens is 1. The largest absolute Gasteiger partial charge is 0.471 e. The summed E-state index contributed by atoms with van der Waals surface area (Å²) in [5, 5.41) is 0.941. The van der Waals surface area contributed by atoms with E-state index >= 15 is 0 Å². The standard InChI is InChI=1S/C9H8BrO/c10-9-6-5-7-3-1-2-4-8(7)11-9/h1-4H,5-6H2. The molecule has 0 bridgehead atoms. The Morgan fingerprint density at radius 2 is 2.00 bits per heavy atom. The summed E-state index contributed by atoms with van der Waals surface area (Å²) in [5.74, 6) is 0.991. The summed E-state index contributed by atoms with van der Waals surface area (Å²) in [6, 6.07) is 8.14. The summed E-state index contributed by atoms with van der Waals surface area (Å²) in [6.07, 6.45) is 2.06. The molecule has 0 unspecified atom stereocenters. The molecule has 0 atom stereocenters. The Morgan fingerprint density at radius 3 is 2.91 bits per heavy atom. The predicted molar refractivity (Wildman–Crippen MR) is 47.6 cm³/mol. The fourth-order valence-electron chi connectivity index (χ4n) is 1.21. The van der Waals surface area contributed by atoms with Gasteiger partial charge in [0.25, 0.3) is 0 Å². The van der Waals surface area contributed by atoms with Crippen molar-refractivity contribution in [3.05, 3.63) is 34.8 Å². The van der Waals surface area contributed by atoms with Gasteiger partial charge in [-0.25, -0.2) is 0 Å². The van der Waals surface area contributed by atoms with E-state index in [0.29, 0.717) is 0 Å². The molecule has 1 radical (unpaired) electrons. The van der Waals surface area contributed by atoms with E-state index in [1.807, 2.05) is 18.2 Å². The third-order valence-electron chi connectivity index (χ3n) is 1.78. The van der Waals surface area contributed by atoms with Gasteiger partial charge in [-0.05, 0) is 34.0 Å². The van der Waals surface area contributed by atoms with E-state index in [1.165, 1.54) is 5.56 Å². The third-order valence-corrected chi connectivity index (χ3v) is 2.34. The van der Waals surface area contributed by atoms with Gasteiger partial charge in [0.15, 0.2) is 0 Å². The summed E-state index contributed by atoms with van der Waals surface area (Å²) >= 11 is 3.35. The van der Waals surface area contributed by atoms with Gasteiger partial charge in [-0.3, -0.25) is 0 Å². The summed E-state index contributed by atoms with van der Waals surface area (Å²) in [5.41, 5.74) is 1.30. The highest BCUT2D eigenvalue weighted by molar-refractivity contribution is 9.11. The van der Waals surface area contributed by atoms with Crippen molar-refractivity contribution in [2.75, 3.05) is 0 Å².